The number of ether oxygens (including phenoxy) is 1. The Labute approximate surface area is 150 Å². The van der Waals surface area contributed by atoms with Crippen LogP contribution in [0.2, 0.25) is 0 Å². The van der Waals surface area contributed by atoms with Crippen molar-refractivity contribution in [3.63, 3.8) is 0 Å². The van der Waals surface area contributed by atoms with E-state index < -0.39 is 5.72 Å². The van der Waals surface area contributed by atoms with E-state index in [9.17, 15) is 9.59 Å². The van der Waals surface area contributed by atoms with Gasteiger partial charge in [0.2, 0.25) is 0 Å². The Kier molecular flexibility index (Phi) is 6.32. The first-order chi connectivity index (χ1) is 11.9. The summed E-state index contributed by atoms with van der Waals surface area (Å²) in [5, 5.41) is 3.02. The monoisotopic (exact) mass is 341 g/mol. The number of allylic oxidation sites excluding steroid dienone is 2. The fourth-order valence-corrected chi connectivity index (χ4v) is 2.96. The van der Waals surface area contributed by atoms with E-state index in [1.54, 1.807) is 12.1 Å². The van der Waals surface area contributed by atoms with Crippen molar-refractivity contribution >= 4 is 11.7 Å². The van der Waals surface area contributed by atoms with Crippen LogP contribution in [-0.2, 0) is 9.53 Å². The summed E-state index contributed by atoms with van der Waals surface area (Å²) in [6, 6.07) is 7.39. The molecule has 0 spiro atoms. The molecule has 0 aromatic heterocycles. The van der Waals surface area contributed by atoms with Gasteiger partial charge < -0.3 is 10.1 Å². The molecular weight excluding hydrogens is 314 g/mol. The lowest BCUT2D eigenvalue weighted by atomic mass is 9.89. The van der Waals surface area contributed by atoms with Crippen LogP contribution >= 0.6 is 0 Å². The van der Waals surface area contributed by atoms with Crippen LogP contribution in [0.4, 0.5) is 0 Å². The quantitative estimate of drug-likeness (QED) is 0.600. The molecule has 4 heteroatoms. The molecule has 2 rings (SSSR count). The number of hydrogen-bond donors (Lipinski definition) is 1. The molecule has 0 unspecified atom stereocenters. The highest BCUT2D eigenvalue weighted by molar-refractivity contribution is 6.03. The molecule has 0 atom stereocenters. The smallest absolute Gasteiger partial charge is 0.253 e. The standard InChI is InChI=1S/C21H27NO3/c1-5-6-7-12-25-21(16(3)13-19(23)14-17(21)4)22-20(24)18-10-8-15(2)9-11-18/h8-11,13-14H,5-7,12H2,1-4H3,(H,22,24). The molecule has 0 heterocycles. The predicted octanol–water partition coefficient (Wildman–Crippen LogP) is 4.10. The average Bonchev–Trinajstić information content (AvgIpc) is 2.56. The number of aryl methyl sites for hydroxylation is 1. The number of carbonyl (C=O) groups is 2. The largest absolute Gasteiger partial charge is 0.348 e. The SMILES string of the molecule is CCCCCOC1(NC(=O)c2ccc(C)cc2)C(C)=CC(=O)C=C1C. The number of hydrogen-bond acceptors (Lipinski definition) is 3. The normalized spacial score (nSPS) is 16.2. The molecule has 1 aromatic carbocycles. The van der Waals surface area contributed by atoms with Gasteiger partial charge in [0.1, 0.15) is 0 Å². The minimum atomic E-state index is -1.05. The van der Waals surface area contributed by atoms with E-state index in [-0.39, 0.29) is 11.7 Å². The van der Waals surface area contributed by atoms with Crippen LogP contribution < -0.4 is 5.32 Å². The third-order valence-corrected chi connectivity index (χ3v) is 4.50. The van der Waals surface area contributed by atoms with E-state index in [0.29, 0.717) is 23.3 Å². The van der Waals surface area contributed by atoms with Gasteiger partial charge in [0.15, 0.2) is 11.5 Å². The highest BCUT2D eigenvalue weighted by atomic mass is 16.5. The molecule has 1 aliphatic rings. The number of ketones is 1. The lowest BCUT2D eigenvalue weighted by molar-refractivity contribution is -0.111. The number of amides is 1. The Hall–Kier alpha value is -2.20. The fourth-order valence-electron chi connectivity index (χ4n) is 2.96. The highest BCUT2D eigenvalue weighted by Gasteiger charge is 2.39. The van der Waals surface area contributed by atoms with Gasteiger partial charge >= 0.3 is 0 Å². The Morgan fingerprint density at radius 2 is 1.64 bits per heavy atom. The fraction of sp³-hybridized carbons (Fsp3) is 0.429. The Morgan fingerprint density at radius 1 is 1.04 bits per heavy atom. The third-order valence-electron chi connectivity index (χ3n) is 4.50. The van der Waals surface area contributed by atoms with E-state index in [0.717, 1.165) is 24.8 Å². The summed E-state index contributed by atoms with van der Waals surface area (Å²) in [6.45, 7) is 8.27. The molecule has 134 valence electrons. The molecule has 1 N–H and O–H groups in total. The van der Waals surface area contributed by atoms with Gasteiger partial charge in [0.05, 0.1) is 6.61 Å². The lowest BCUT2D eigenvalue weighted by Gasteiger charge is -2.38. The molecule has 0 aliphatic heterocycles. The number of unbranched alkanes of at least 4 members (excludes halogenated alkanes) is 2. The second kappa shape index (κ2) is 8.26. The van der Waals surface area contributed by atoms with Crippen LogP contribution in [0.15, 0.2) is 47.6 Å². The van der Waals surface area contributed by atoms with Crippen molar-refractivity contribution in [2.75, 3.05) is 6.61 Å². The maximum absolute atomic E-state index is 12.8. The number of benzene rings is 1. The van der Waals surface area contributed by atoms with Gasteiger partial charge in [-0.05, 0) is 62.6 Å². The summed E-state index contributed by atoms with van der Waals surface area (Å²) in [5.74, 6) is -0.294. The summed E-state index contributed by atoms with van der Waals surface area (Å²) >= 11 is 0. The van der Waals surface area contributed by atoms with Crippen molar-refractivity contribution in [2.24, 2.45) is 0 Å². The topological polar surface area (TPSA) is 55.4 Å². The molecule has 0 radical (unpaired) electrons. The van der Waals surface area contributed by atoms with Gasteiger partial charge in [-0.25, -0.2) is 0 Å². The predicted molar refractivity (Wildman–Crippen MR) is 99.4 cm³/mol. The first-order valence-corrected chi connectivity index (χ1v) is 8.83. The number of carbonyl (C=O) groups excluding carboxylic acids is 2. The molecule has 0 bridgehead atoms. The van der Waals surface area contributed by atoms with E-state index >= 15 is 0 Å². The lowest BCUT2D eigenvalue weighted by Crippen LogP contribution is -2.54. The maximum Gasteiger partial charge on any atom is 0.253 e. The van der Waals surface area contributed by atoms with Gasteiger partial charge in [0, 0.05) is 5.56 Å². The molecule has 4 nitrogen and oxygen atoms in total. The van der Waals surface area contributed by atoms with Gasteiger partial charge in [-0.1, -0.05) is 37.5 Å². The molecule has 1 amide bonds. The van der Waals surface area contributed by atoms with E-state index in [1.807, 2.05) is 32.9 Å². The summed E-state index contributed by atoms with van der Waals surface area (Å²) in [5.41, 5.74) is 2.02. The van der Waals surface area contributed by atoms with Crippen molar-refractivity contribution in [1.82, 2.24) is 5.32 Å². The van der Waals surface area contributed by atoms with Gasteiger partial charge in [0.25, 0.3) is 5.91 Å². The zero-order valence-corrected chi connectivity index (χ0v) is 15.5. The minimum absolute atomic E-state index is 0.0765. The van der Waals surface area contributed by atoms with Crippen LogP contribution in [0.1, 0.15) is 56.0 Å². The van der Waals surface area contributed by atoms with Gasteiger partial charge in [-0.2, -0.15) is 0 Å². The molecule has 0 fully saturated rings. The van der Waals surface area contributed by atoms with Crippen LogP contribution in [0, 0.1) is 6.92 Å². The van der Waals surface area contributed by atoms with Gasteiger partial charge in [-0.15, -0.1) is 0 Å². The minimum Gasteiger partial charge on any atom is -0.348 e. The molecule has 1 aromatic rings. The molecule has 0 saturated carbocycles. The van der Waals surface area contributed by atoms with Crippen molar-refractivity contribution in [3.05, 3.63) is 58.7 Å². The van der Waals surface area contributed by atoms with Crippen molar-refractivity contribution in [1.29, 1.82) is 0 Å². The van der Waals surface area contributed by atoms with Gasteiger partial charge in [-0.3, -0.25) is 9.59 Å². The zero-order valence-electron chi connectivity index (χ0n) is 15.5. The summed E-state index contributed by atoms with van der Waals surface area (Å²) < 4.78 is 6.14. The first-order valence-electron chi connectivity index (χ1n) is 8.83. The Balaban J connectivity index is 2.27. The third kappa shape index (κ3) is 4.45. The van der Waals surface area contributed by atoms with Crippen LogP contribution in [-0.4, -0.2) is 24.0 Å². The molecule has 0 saturated heterocycles. The van der Waals surface area contributed by atoms with E-state index in [1.165, 1.54) is 12.2 Å². The molecule has 1 aliphatic carbocycles. The summed E-state index contributed by atoms with van der Waals surface area (Å²) in [6.07, 6.45) is 6.12. The van der Waals surface area contributed by atoms with Crippen molar-refractivity contribution < 1.29 is 14.3 Å². The molecular formula is C21H27NO3. The zero-order chi connectivity index (χ0) is 18.4. The maximum atomic E-state index is 12.8. The number of rotatable bonds is 7. The van der Waals surface area contributed by atoms with Crippen LogP contribution in [0.5, 0.6) is 0 Å². The van der Waals surface area contributed by atoms with E-state index in [4.69, 9.17) is 4.74 Å². The first kappa shape index (κ1) is 19.1. The highest BCUT2D eigenvalue weighted by Crippen LogP contribution is 2.31. The average molecular weight is 341 g/mol. The van der Waals surface area contributed by atoms with Crippen LogP contribution in [0.3, 0.4) is 0 Å². The van der Waals surface area contributed by atoms with E-state index in [2.05, 4.69) is 12.2 Å². The Morgan fingerprint density at radius 3 is 2.20 bits per heavy atom. The Bertz CT molecular complexity index is 676. The molecule has 25 heavy (non-hydrogen) atoms. The summed E-state index contributed by atoms with van der Waals surface area (Å²) in [4.78, 5) is 24.6. The van der Waals surface area contributed by atoms with Crippen LogP contribution in [0.25, 0.3) is 0 Å². The second-order valence-electron chi connectivity index (χ2n) is 6.61. The summed E-state index contributed by atoms with van der Waals surface area (Å²) in [7, 11) is 0. The van der Waals surface area contributed by atoms with Crippen molar-refractivity contribution in [3.8, 4) is 0 Å². The van der Waals surface area contributed by atoms with Crippen molar-refractivity contribution in [2.45, 2.75) is 52.7 Å². The number of nitrogens with one attached hydrogen (secondary N) is 1. The second-order valence-corrected chi connectivity index (χ2v) is 6.61.